The third-order valence-corrected chi connectivity index (χ3v) is 4.24. The number of benzene rings is 1. The van der Waals surface area contributed by atoms with Gasteiger partial charge in [-0.25, -0.2) is 4.39 Å². The summed E-state index contributed by atoms with van der Waals surface area (Å²) in [6.45, 7) is 3.90. The van der Waals surface area contributed by atoms with Crippen molar-refractivity contribution in [2.45, 2.75) is 44.6 Å². The van der Waals surface area contributed by atoms with E-state index in [0.717, 1.165) is 19.3 Å². The molecule has 2 aliphatic rings. The standard InChI is InChI=1S/C14H17FN2O/c1-8(2)17-10-5-4-9(16)12(15)11(10)14(13(17)18)6-3-7-14/h4-5,8H,3,6-7,16H2,1-2H3. The van der Waals surface area contributed by atoms with E-state index >= 15 is 0 Å². The molecule has 1 saturated carbocycles. The van der Waals surface area contributed by atoms with Gasteiger partial charge in [0.25, 0.3) is 0 Å². The summed E-state index contributed by atoms with van der Waals surface area (Å²) in [5.41, 5.74) is 6.41. The number of fused-ring (bicyclic) bond motifs is 2. The Morgan fingerprint density at radius 2 is 2.06 bits per heavy atom. The lowest BCUT2D eigenvalue weighted by atomic mass is 9.65. The van der Waals surface area contributed by atoms with E-state index in [1.54, 1.807) is 17.0 Å². The largest absolute Gasteiger partial charge is 0.396 e. The fraction of sp³-hybridized carbons (Fsp3) is 0.500. The highest BCUT2D eigenvalue weighted by molar-refractivity contribution is 6.09. The molecule has 0 atom stereocenters. The molecule has 1 aliphatic heterocycles. The lowest BCUT2D eigenvalue weighted by Crippen LogP contribution is -2.47. The minimum atomic E-state index is -0.626. The van der Waals surface area contributed by atoms with Gasteiger partial charge in [-0.05, 0) is 38.8 Å². The second-order valence-electron chi connectivity index (χ2n) is 5.57. The molecule has 1 heterocycles. The van der Waals surface area contributed by atoms with E-state index in [2.05, 4.69) is 0 Å². The van der Waals surface area contributed by atoms with Crippen LogP contribution in [0.15, 0.2) is 12.1 Å². The van der Waals surface area contributed by atoms with E-state index in [9.17, 15) is 9.18 Å². The zero-order valence-electron chi connectivity index (χ0n) is 10.7. The Balaban J connectivity index is 2.26. The molecule has 3 rings (SSSR count). The molecule has 1 aromatic rings. The predicted octanol–water partition coefficient (Wildman–Crippen LogP) is 2.58. The molecule has 18 heavy (non-hydrogen) atoms. The van der Waals surface area contributed by atoms with Crippen molar-refractivity contribution in [2.24, 2.45) is 0 Å². The van der Waals surface area contributed by atoms with Gasteiger partial charge in [-0.1, -0.05) is 6.42 Å². The van der Waals surface area contributed by atoms with Crippen LogP contribution in [-0.2, 0) is 10.2 Å². The molecular formula is C14H17FN2O. The minimum Gasteiger partial charge on any atom is -0.396 e. The molecule has 0 unspecified atom stereocenters. The van der Waals surface area contributed by atoms with Gasteiger partial charge in [0.05, 0.1) is 16.8 Å². The van der Waals surface area contributed by atoms with Crippen LogP contribution in [0, 0.1) is 5.82 Å². The van der Waals surface area contributed by atoms with Crippen LogP contribution in [0.1, 0.15) is 38.7 Å². The van der Waals surface area contributed by atoms with Crippen molar-refractivity contribution in [1.82, 2.24) is 0 Å². The first-order chi connectivity index (χ1) is 8.49. The number of carbonyl (C=O) groups is 1. The Bertz CT molecular complexity index is 535. The molecule has 3 nitrogen and oxygen atoms in total. The average Bonchev–Trinajstić information content (AvgIpc) is 2.52. The molecule has 0 saturated heterocycles. The zero-order valence-corrected chi connectivity index (χ0v) is 10.7. The van der Waals surface area contributed by atoms with Crippen molar-refractivity contribution in [3.8, 4) is 0 Å². The third kappa shape index (κ3) is 1.15. The Kier molecular flexibility index (Phi) is 2.22. The lowest BCUT2D eigenvalue weighted by molar-refractivity contribution is -0.126. The van der Waals surface area contributed by atoms with Crippen LogP contribution in [0.4, 0.5) is 15.8 Å². The number of nitrogens with two attached hydrogens (primary N) is 1. The van der Waals surface area contributed by atoms with Crippen molar-refractivity contribution < 1.29 is 9.18 Å². The molecule has 2 N–H and O–H groups in total. The molecule has 96 valence electrons. The number of rotatable bonds is 1. The first-order valence-corrected chi connectivity index (χ1v) is 6.41. The van der Waals surface area contributed by atoms with Gasteiger partial charge >= 0.3 is 0 Å². The molecular weight excluding hydrogens is 231 g/mol. The quantitative estimate of drug-likeness (QED) is 0.776. The number of hydrogen-bond donors (Lipinski definition) is 1. The predicted molar refractivity (Wildman–Crippen MR) is 69.0 cm³/mol. The molecule has 0 aromatic heterocycles. The van der Waals surface area contributed by atoms with Crippen molar-refractivity contribution >= 4 is 17.3 Å². The highest BCUT2D eigenvalue weighted by Gasteiger charge is 2.56. The lowest BCUT2D eigenvalue weighted by Gasteiger charge is -2.37. The van der Waals surface area contributed by atoms with Gasteiger partial charge < -0.3 is 10.6 Å². The summed E-state index contributed by atoms with van der Waals surface area (Å²) in [6.07, 6.45) is 2.45. The number of carbonyl (C=O) groups excluding carboxylic acids is 1. The summed E-state index contributed by atoms with van der Waals surface area (Å²) >= 11 is 0. The van der Waals surface area contributed by atoms with Crippen molar-refractivity contribution in [3.63, 3.8) is 0 Å². The zero-order chi connectivity index (χ0) is 13.1. The summed E-state index contributed by atoms with van der Waals surface area (Å²) in [5, 5.41) is 0. The molecule has 1 spiro atoms. The van der Waals surface area contributed by atoms with Gasteiger partial charge in [-0.15, -0.1) is 0 Å². The smallest absolute Gasteiger partial charge is 0.238 e. The fourth-order valence-electron chi connectivity index (χ4n) is 3.19. The van der Waals surface area contributed by atoms with Crippen molar-refractivity contribution in [2.75, 3.05) is 10.6 Å². The number of anilines is 2. The van der Waals surface area contributed by atoms with Gasteiger partial charge in [0, 0.05) is 11.6 Å². The second-order valence-corrected chi connectivity index (χ2v) is 5.57. The van der Waals surface area contributed by atoms with E-state index in [4.69, 9.17) is 5.73 Å². The number of nitrogens with zero attached hydrogens (tertiary/aromatic N) is 1. The first kappa shape index (κ1) is 11.5. The minimum absolute atomic E-state index is 0.0410. The molecule has 1 aromatic carbocycles. The Morgan fingerprint density at radius 3 is 2.56 bits per heavy atom. The number of halogens is 1. The highest BCUT2D eigenvalue weighted by Crippen LogP contribution is 2.55. The topological polar surface area (TPSA) is 46.3 Å². The van der Waals surface area contributed by atoms with E-state index in [0.29, 0.717) is 11.3 Å². The van der Waals surface area contributed by atoms with E-state index in [-0.39, 0.29) is 17.6 Å². The van der Waals surface area contributed by atoms with Gasteiger partial charge in [-0.3, -0.25) is 4.79 Å². The highest BCUT2D eigenvalue weighted by atomic mass is 19.1. The Hall–Kier alpha value is -1.58. The van der Waals surface area contributed by atoms with Crippen LogP contribution in [0.5, 0.6) is 0 Å². The second kappa shape index (κ2) is 3.46. The van der Waals surface area contributed by atoms with Gasteiger partial charge in [0.2, 0.25) is 5.91 Å². The summed E-state index contributed by atoms with van der Waals surface area (Å²) in [7, 11) is 0. The third-order valence-electron chi connectivity index (χ3n) is 4.24. The fourth-order valence-corrected chi connectivity index (χ4v) is 3.19. The molecule has 1 aliphatic carbocycles. The van der Waals surface area contributed by atoms with Crippen molar-refractivity contribution in [3.05, 3.63) is 23.5 Å². The maximum Gasteiger partial charge on any atom is 0.238 e. The van der Waals surface area contributed by atoms with Gasteiger partial charge in [0.1, 0.15) is 0 Å². The van der Waals surface area contributed by atoms with E-state index < -0.39 is 11.2 Å². The molecule has 4 heteroatoms. The van der Waals surface area contributed by atoms with Gasteiger partial charge in [-0.2, -0.15) is 0 Å². The van der Waals surface area contributed by atoms with Crippen LogP contribution in [0.25, 0.3) is 0 Å². The normalized spacial score (nSPS) is 20.4. The van der Waals surface area contributed by atoms with E-state index in [1.807, 2.05) is 13.8 Å². The average molecular weight is 248 g/mol. The van der Waals surface area contributed by atoms with Crippen LogP contribution >= 0.6 is 0 Å². The summed E-state index contributed by atoms with van der Waals surface area (Å²) in [6, 6.07) is 3.37. The van der Waals surface area contributed by atoms with Crippen molar-refractivity contribution in [1.29, 1.82) is 0 Å². The van der Waals surface area contributed by atoms with Crippen LogP contribution in [0.3, 0.4) is 0 Å². The Labute approximate surface area is 106 Å². The summed E-state index contributed by atoms with van der Waals surface area (Å²) < 4.78 is 14.3. The molecule has 0 bridgehead atoms. The maximum atomic E-state index is 14.3. The molecule has 1 fully saturated rings. The van der Waals surface area contributed by atoms with E-state index in [1.165, 1.54) is 0 Å². The summed E-state index contributed by atoms with van der Waals surface area (Å²) in [4.78, 5) is 14.3. The monoisotopic (exact) mass is 248 g/mol. The van der Waals surface area contributed by atoms with Gasteiger partial charge in [0.15, 0.2) is 5.82 Å². The number of nitrogen functional groups attached to an aromatic ring is 1. The van der Waals surface area contributed by atoms with Crippen LogP contribution in [0.2, 0.25) is 0 Å². The van der Waals surface area contributed by atoms with Crippen LogP contribution < -0.4 is 10.6 Å². The number of amides is 1. The maximum absolute atomic E-state index is 14.3. The molecule has 1 amide bonds. The SMILES string of the molecule is CC(C)N1C(=O)C2(CCC2)c2c1ccc(N)c2F. The Morgan fingerprint density at radius 1 is 1.39 bits per heavy atom. The summed E-state index contributed by atoms with van der Waals surface area (Å²) in [5.74, 6) is -0.355. The first-order valence-electron chi connectivity index (χ1n) is 6.41. The van der Waals surface area contributed by atoms with Crippen LogP contribution in [-0.4, -0.2) is 11.9 Å². The number of hydrogen-bond acceptors (Lipinski definition) is 2. The molecule has 0 radical (unpaired) electrons.